The Labute approximate surface area is 138 Å². The highest BCUT2D eigenvalue weighted by Gasteiger charge is 2.15. The Morgan fingerprint density at radius 3 is 2.68 bits per heavy atom. The van der Waals surface area contributed by atoms with Crippen LogP contribution in [-0.2, 0) is 6.42 Å². The summed E-state index contributed by atoms with van der Waals surface area (Å²) in [7, 11) is 1.81. The summed E-state index contributed by atoms with van der Waals surface area (Å²) in [4.78, 5) is 5.66. The summed E-state index contributed by atoms with van der Waals surface area (Å²) in [5.41, 5.74) is 0. The van der Waals surface area contributed by atoms with Crippen molar-refractivity contribution in [2.45, 2.75) is 25.0 Å². The van der Waals surface area contributed by atoms with Gasteiger partial charge in [0, 0.05) is 29.8 Å². The summed E-state index contributed by atoms with van der Waals surface area (Å²) in [6.45, 7) is 6.28. The van der Waals surface area contributed by atoms with E-state index in [1.807, 2.05) is 30.1 Å². The molecule has 2 N–H and O–H groups in total. The van der Waals surface area contributed by atoms with E-state index in [2.05, 4.69) is 70.5 Å². The molecule has 0 aliphatic rings. The third-order valence-electron chi connectivity index (χ3n) is 2.75. The lowest BCUT2D eigenvalue weighted by molar-refractivity contribution is 0.664. The van der Waals surface area contributed by atoms with Crippen LogP contribution in [0.3, 0.4) is 0 Å². The lowest BCUT2D eigenvalue weighted by atomic mass is 10.2. The molecule has 0 atom stereocenters. The molecule has 0 aliphatic heterocycles. The number of hydrogen-bond acceptors (Lipinski definition) is 3. The zero-order valence-corrected chi connectivity index (χ0v) is 15.7. The number of nitrogens with one attached hydrogen (secondary N) is 2. The van der Waals surface area contributed by atoms with E-state index < -0.39 is 0 Å². The molecule has 3 nitrogen and oxygen atoms in total. The first-order valence-electron chi connectivity index (χ1n) is 6.21. The van der Waals surface area contributed by atoms with Gasteiger partial charge >= 0.3 is 0 Å². The summed E-state index contributed by atoms with van der Waals surface area (Å²) in [5, 5.41) is 6.73. The minimum atomic E-state index is 0.224. The van der Waals surface area contributed by atoms with Gasteiger partial charge in [0.1, 0.15) is 0 Å². The van der Waals surface area contributed by atoms with Crippen molar-refractivity contribution in [1.82, 2.24) is 10.6 Å². The third-order valence-corrected chi connectivity index (χ3v) is 5.95. The Balaban J connectivity index is 2.30. The molecule has 1 aromatic heterocycles. The normalized spacial score (nSPS) is 12.6. The van der Waals surface area contributed by atoms with Crippen molar-refractivity contribution in [2.24, 2.45) is 4.99 Å². The highest BCUT2D eigenvalue weighted by atomic mass is 127. The summed E-state index contributed by atoms with van der Waals surface area (Å²) in [6, 6.07) is 4.36. The maximum Gasteiger partial charge on any atom is 0.191 e. The Bertz CT molecular complexity index is 416. The van der Waals surface area contributed by atoms with Crippen LogP contribution in [0.1, 0.15) is 18.7 Å². The van der Waals surface area contributed by atoms with Gasteiger partial charge < -0.3 is 10.6 Å². The van der Waals surface area contributed by atoms with Crippen LogP contribution < -0.4 is 10.6 Å². The zero-order valence-electron chi connectivity index (χ0n) is 11.9. The van der Waals surface area contributed by atoms with Gasteiger partial charge in [0.05, 0.1) is 2.88 Å². The van der Waals surface area contributed by atoms with Crippen molar-refractivity contribution in [3.05, 3.63) is 19.9 Å². The van der Waals surface area contributed by atoms with Crippen molar-refractivity contribution in [1.29, 1.82) is 0 Å². The monoisotopic (exact) mass is 411 g/mol. The van der Waals surface area contributed by atoms with E-state index in [0.29, 0.717) is 0 Å². The summed E-state index contributed by atoms with van der Waals surface area (Å²) in [5.74, 6) is 0.883. The average molecular weight is 411 g/mol. The first kappa shape index (κ1) is 17.1. The molecule has 0 amide bonds. The highest BCUT2D eigenvalue weighted by molar-refractivity contribution is 14.1. The van der Waals surface area contributed by atoms with Crippen molar-refractivity contribution in [3.63, 3.8) is 0 Å². The SMILES string of the molecule is CN=C(NCCc1ccc(I)s1)NCC(C)(C)SC. The molecule has 0 unspecified atom stereocenters. The second kappa shape index (κ2) is 8.36. The van der Waals surface area contributed by atoms with E-state index in [1.54, 1.807) is 0 Å². The predicted octanol–water partition coefficient (Wildman–Crippen LogP) is 3.20. The lowest BCUT2D eigenvalue weighted by Crippen LogP contribution is -2.43. The van der Waals surface area contributed by atoms with Crippen LogP contribution in [0.25, 0.3) is 0 Å². The Morgan fingerprint density at radius 1 is 1.42 bits per heavy atom. The third kappa shape index (κ3) is 6.85. The summed E-state index contributed by atoms with van der Waals surface area (Å²) in [6.07, 6.45) is 3.18. The molecule has 0 spiro atoms. The fraction of sp³-hybridized carbons (Fsp3) is 0.615. The molecule has 19 heavy (non-hydrogen) atoms. The van der Waals surface area contributed by atoms with Crippen LogP contribution in [0, 0.1) is 2.88 Å². The smallest absolute Gasteiger partial charge is 0.191 e. The minimum Gasteiger partial charge on any atom is -0.356 e. The predicted molar refractivity (Wildman–Crippen MR) is 97.7 cm³/mol. The Hall–Kier alpha value is 0.0500. The molecule has 0 aromatic carbocycles. The average Bonchev–Trinajstić information content (AvgIpc) is 2.79. The van der Waals surface area contributed by atoms with Crippen molar-refractivity contribution in [2.75, 3.05) is 26.4 Å². The van der Waals surface area contributed by atoms with Crippen LogP contribution in [0.15, 0.2) is 17.1 Å². The van der Waals surface area contributed by atoms with Gasteiger partial charge in [-0.2, -0.15) is 11.8 Å². The zero-order chi connectivity index (χ0) is 14.3. The quantitative estimate of drug-likeness (QED) is 0.429. The number of thiophene rings is 1. The van der Waals surface area contributed by atoms with Gasteiger partial charge in [0.25, 0.3) is 0 Å². The Morgan fingerprint density at radius 2 is 2.16 bits per heavy atom. The number of hydrogen-bond donors (Lipinski definition) is 2. The maximum atomic E-state index is 4.25. The number of guanidine groups is 1. The molecule has 6 heteroatoms. The Kier molecular flexibility index (Phi) is 7.53. The number of rotatable bonds is 6. The molecule has 0 radical (unpaired) electrons. The number of nitrogens with zero attached hydrogens (tertiary/aromatic N) is 1. The number of thioether (sulfide) groups is 1. The summed E-state index contributed by atoms with van der Waals surface area (Å²) >= 11 is 6.07. The molecule has 108 valence electrons. The number of halogens is 1. The molecule has 1 aromatic rings. The fourth-order valence-electron chi connectivity index (χ4n) is 1.38. The fourth-order valence-corrected chi connectivity index (χ4v) is 3.35. The van der Waals surface area contributed by atoms with E-state index >= 15 is 0 Å². The molecular weight excluding hydrogens is 389 g/mol. The van der Waals surface area contributed by atoms with Gasteiger partial charge in [-0.05, 0) is 61.2 Å². The van der Waals surface area contributed by atoms with Crippen molar-refractivity contribution >= 4 is 51.6 Å². The van der Waals surface area contributed by atoms with Crippen molar-refractivity contribution in [3.8, 4) is 0 Å². The van der Waals surface area contributed by atoms with E-state index in [0.717, 1.165) is 25.5 Å². The van der Waals surface area contributed by atoms with Crippen LogP contribution >= 0.6 is 45.7 Å². The van der Waals surface area contributed by atoms with Gasteiger partial charge in [-0.3, -0.25) is 4.99 Å². The summed E-state index contributed by atoms with van der Waals surface area (Å²) < 4.78 is 1.57. The first-order chi connectivity index (χ1) is 8.96. The van der Waals surface area contributed by atoms with Gasteiger partial charge in [-0.15, -0.1) is 11.3 Å². The van der Waals surface area contributed by atoms with Gasteiger partial charge in [-0.1, -0.05) is 0 Å². The van der Waals surface area contributed by atoms with Crippen LogP contribution in [0.2, 0.25) is 0 Å². The lowest BCUT2D eigenvalue weighted by Gasteiger charge is -2.23. The molecule has 0 bridgehead atoms. The van der Waals surface area contributed by atoms with E-state index in [-0.39, 0.29) is 4.75 Å². The molecule has 0 aliphatic carbocycles. The van der Waals surface area contributed by atoms with E-state index in [9.17, 15) is 0 Å². The second-order valence-electron chi connectivity index (χ2n) is 4.77. The van der Waals surface area contributed by atoms with E-state index in [4.69, 9.17) is 0 Å². The standard InChI is InChI=1S/C13H22IN3S2/c1-13(2,18-4)9-17-12(15-3)16-8-7-10-5-6-11(14)19-10/h5-6H,7-9H2,1-4H3,(H2,15,16,17). The maximum absolute atomic E-state index is 4.25. The molecular formula is C13H22IN3S2. The highest BCUT2D eigenvalue weighted by Crippen LogP contribution is 2.19. The van der Waals surface area contributed by atoms with Crippen LogP contribution in [-0.4, -0.2) is 37.1 Å². The van der Waals surface area contributed by atoms with Gasteiger partial charge in [-0.25, -0.2) is 0 Å². The topological polar surface area (TPSA) is 36.4 Å². The van der Waals surface area contributed by atoms with Gasteiger partial charge in [0.2, 0.25) is 0 Å². The van der Waals surface area contributed by atoms with Crippen LogP contribution in [0.4, 0.5) is 0 Å². The second-order valence-corrected chi connectivity index (χ2v) is 9.35. The van der Waals surface area contributed by atoms with E-state index in [1.165, 1.54) is 7.76 Å². The molecule has 0 fully saturated rings. The largest absolute Gasteiger partial charge is 0.356 e. The van der Waals surface area contributed by atoms with Crippen LogP contribution in [0.5, 0.6) is 0 Å². The van der Waals surface area contributed by atoms with Gasteiger partial charge in [0.15, 0.2) is 5.96 Å². The minimum absolute atomic E-state index is 0.224. The molecule has 1 heterocycles. The van der Waals surface area contributed by atoms with Crippen molar-refractivity contribution < 1.29 is 0 Å². The molecule has 0 saturated carbocycles. The first-order valence-corrected chi connectivity index (χ1v) is 9.33. The molecule has 0 saturated heterocycles. The number of aliphatic imine (C=N–C) groups is 1. The molecule has 1 rings (SSSR count).